The highest BCUT2D eigenvalue weighted by molar-refractivity contribution is 7.91. The van der Waals surface area contributed by atoms with Gasteiger partial charge >= 0.3 is 12.4 Å². The Bertz CT molecular complexity index is 1280. The fraction of sp³-hybridized carbons (Fsp3) is 0.348. The fourth-order valence-electron chi connectivity index (χ4n) is 4.27. The van der Waals surface area contributed by atoms with Crippen LogP contribution in [0.25, 0.3) is 0 Å². The summed E-state index contributed by atoms with van der Waals surface area (Å²) in [7, 11) is -3.78. The van der Waals surface area contributed by atoms with Gasteiger partial charge in [0.15, 0.2) is 0 Å². The standard InChI is InChI=1S/C23H21F6N3O3S2/c24-22(25,26)21(33,23(27,28)29)17-3-5-18(6-4-17)32-12-11-31(37(34,35)20-2-1-13-36-20)15-19(32)14-16-7-9-30-10-8-16/h1-10,13,19,33H,11-12,14-15H2. The predicted molar refractivity (Wildman–Crippen MR) is 125 cm³/mol. The van der Waals surface area contributed by atoms with Crippen molar-refractivity contribution in [1.29, 1.82) is 0 Å². The number of nitrogens with zero attached hydrogens (tertiary/aromatic N) is 3. The maximum Gasteiger partial charge on any atom is 0.430 e. The third-order valence-corrected chi connectivity index (χ3v) is 9.43. The Hall–Kier alpha value is -2.68. The number of anilines is 1. The van der Waals surface area contributed by atoms with E-state index in [1.807, 2.05) is 0 Å². The average molecular weight is 566 g/mol. The minimum absolute atomic E-state index is 0.0410. The first kappa shape index (κ1) is 27.4. The van der Waals surface area contributed by atoms with Crippen molar-refractivity contribution in [2.75, 3.05) is 24.5 Å². The second-order valence-electron chi connectivity index (χ2n) is 8.45. The molecule has 200 valence electrons. The normalized spacial score (nSPS) is 18.2. The van der Waals surface area contributed by atoms with Gasteiger partial charge in [-0.2, -0.15) is 30.6 Å². The monoisotopic (exact) mass is 565 g/mol. The zero-order chi connectivity index (χ0) is 27.1. The van der Waals surface area contributed by atoms with E-state index in [2.05, 4.69) is 4.98 Å². The molecule has 3 aromatic rings. The summed E-state index contributed by atoms with van der Waals surface area (Å²) in [5.74, 6) is 0. The van der Waals surface area contributed by atoms with Crippen molar-refractivity contribution in [3.63, 3.8) is 0 Å². The highest BCUT2D eigenvalue weighted by atomic mass is 32.2. The van der Waals surface area contributed by atoms with E-state index in [1.165, 1.54) is 10.4 Å². The molecule has 4 rings (SSSR count). The minimum Gasteiger partial charge on any atom is -0.369 e. The number of alkyl halides is 6. The molecule has 0 bridgehead atoms. The molecule has 14 heteroatoms. The molecule has 37 heavy (non-hydrogen) atoms. The number of hydrogen-bond donors (Lipinski definition) is 1. The molecule has 1 aromatic carbocycles. The first-order valence-corrected chi connectivity index (χ1v) is 13.2. The molecule has 0 saturated carbocycles. The number of pyridine rings is 1. The summed E-state index contributed by atoms with van der Waals surface area (Å²) in [6, 6.07) is 9.42. The van der Waals surface area contributed by atoms with Crippen LogP contribution in [-0.2, 0) is 22.0 Å². The molecule has 1 atom stereocenters. The lowest BCUT2D eigenvalue weighted by Crippen LogP contribution is -2.55. The van der Waals surface area contributed by atoms with E-state index in [4.69, 9.17) is 0 Å². The maximum absolute atomic E-state index is 13.3. The molecule has 1 aliphatic rings. The molecule has 1 unspecified atom stereocenters. The number of halogens is 6. The lowest BCUT2D eigenvalue weighted by Gasteiger charge is -2.42. The quantitative estimate of drug-likeness (QED) is 0.443. The van der Waals surface area contributed by atoms with Crippen LogP contribution < -0.4 is 4.90 Å². The first-order chi connectivity index (χ1) is 17.2. The van der Waals surface area contributed by atoms with E-state index in [9.17, 15) is 39.9 Å². The molecule has 0 amide bonds. The Morgan fingerprint density at radius 3 is 2.11 bits per heavy atom. The van der Waals surface area contributed by atoms with Crippen molar-refractivity contribution in [3.8, 4) is 0 Å². The van der Waals surface area contributed by atoms with E-state index in [0.29, 0.717) is 24.2 Å². The van der Waals surface area contributed by atoms with Gasteiger partial charge in [0.2, 0.25) is 0 Å². The van der Waals surface area contributed by atoms with Crippen LogP contribution in [0.1, 0.15) is 11.1 Å². The van der Waals surface area contributed by atoms with Gasteiger partial charge in [0.05, 0.1) is 0 Å². The van der Waals surface area contributed by atoms with Crippen molar-refractivity contribution in [2.45, 2.75) is 34.6 Å². The smallest absolute Gasteiger partial charge is 0.369 e. The van der Waals surface area contributed by atoms with Crippen LogP contribution in [0.2, 0.25) is 0 Å². The van der Waals surface area contributed by atoms with E-state index in [-0.39, 0.29) is 23.8 Å². The molecule has 1 aliphatic heterocycles. The Morgan fingerprint density at radius 1 is 0.946 bits per heavy atom. The SMILES string of the molecule is O=S(=O)(c1cccs1)N1CCN(c2ccc(C(O)(C(F)(F)F)C(F)(F)F)cc2)C(Cc2ccncc2)C1. The second kappa shape index (κ2) is 9.89. The van der Waals surface area contributed by atoms with Crippen molar-refractivity contribution in [2.24, 2.45) is 0 Å². The molecule has 0 aliphatic carbocycles. The number of aromatic nitrogens is 1. The summed E-state index contributed by atoms with van der Waals surface area (Å²) < 4.78 is 107. The molecular weight excluding hydrogens is 544 g/mol. The molecule has 1 saturated heterocycles. The molecule has 1 N–H and O–H groups in total. The molecule has 3 heterocycles. The Kier molecular flexibility index (Phi) is 7.31. The Morgan fingerprint density at radius 2 is 1.57 bits per heavy atom. The van der Waals surface area contributed by atoms with Gasteiger partial charge in [-0.15, -0.1) is 11.3 Å². The van der Waals surface area contributed by atoms with Crippen LogP contribution in [0, 0.1) is 0 Å². The van der Waals surface area contributed by atoms with Crippen LogP contribution in [0.15, 0.2) is 70.5 Å². The third kappa shape index (κ3) is 5.19. The van der Waals surface area contributed by atoms with E-state index < -0.39 is 39.6 Å². The zero-order valence-corrected chi connectivity index (χ0v) is 20.6. The van der Waals surface area contributed by atoms with Crippen LogP contribution in [0.5, 0.6) is 0 Å². The number of aliphatic hydroxyl groups is 1. The minimum atomic E-state index is -5.99. The highest BCUT2D eigenvalue weighted by Crippen LogP contribution is 2.50. The van der Waals surface area contributed by atoms with Gasteiger partial charge in [-0.25, -0.2) is 8.42 Å². The van der Waals surface area contributed by atoms with Gasteiger partial charge in [-0.3, -0.25) is 4.98 Å². The lowest BCUT2D eigenvalue weighted by molar-refractivity contribution is -0.376. The summed E-state index contributed by atoms with van der Waals surface area (Å²) in [5.41, 5.74) is -5.27. The van der Waals surface area contributed by atoms with E-state index in [1.54, 1.807) is 40.9 Å². The summed E-state index contributed by atoms with van der Waals surface area (Å²) in [6.07, 6.45) is -8.51. The Balaban J connectivity index is 1.66. The topological polar surface area (TPSA) is 73.7 Å². The summed E-state index contributed by atoms with van der Waals surface area (Å²) >= 11 is 1.07. The maximum atomic E-state index is 13.3. The van der Waals surface area contributed by atoms with E-state index >= 15 is 0 Å². The largest absolute Gasteiger partial charge is 0.430 e. The molecule has 0 radical (unpaired) electrons. The number of sulfonamides is 1. The fourth-order valence-corrected chi connectivity index (χ4v) is 6.88. The number of piperazine rings is 1. The number of hydrogen-bond acceptors (Lipinski definition) is 6. The molecule has 6 nitrogen and oxygen atoms in total. The van der Waals surface area contributed by atoms with Crippen molar-refractivity contribution >= 4 is 27.0 Å². The lowest BCUT2D eigenvalue weighted by atomic mass is 9.92. The van der Waals surface area contributed by atoms with Gasteiger partial charge in [0.25, 0.3) is 15.6 Å². The van der Waals surface area contributed by atoms with Gasteiger partial charge in [-0.1, -0.05) is 18.2 Å². The molecule has 1 fully saturated rings. The number of benzene rings is 1. The van der Waals surface area contributed by atoms with Crippen molar-refractivity contribution in [3.05, 3.63) is 77.4 Å². The highest BCUT2D eigenvalue weighted by Gasteiger charge is 2.71. The first-order valence-electron chi connectivity index (χ1n) is 10.9. The molecule has 2 aromatic heterocycles. The number of rotatable bonds is 6. The van der Waals surface area contributed by atoms with Crippen molar-refractivity contribution in [1.82, 2.24) is 9.29 Å². The third-order valence-electron chi connectivity index (χ3n) is 6.19. The summed E-state index contributed by atoms with van der Waals surface area (Å²) in [5, 5.41) is 11.3. The van der Waals surface area contributed by atoms with Crippen LogP contribution >= 0.6 is 11.3 Å². The molecular formula is C23H21F6N3O3S2. The number of thiophene rings is 1. The van der Waals surface area contributed by atoms with Crippen LogP contribution in [-0.4, -0.2) is 60.8 Å². The summed E-state index contributed by atoms with van der Waals surface area (Å²) in [6.45, 7) is 0.242. The van der Waals surface area contributed by atoms with Crippen LogP contribution in [0.3, 0.4) is 0 Å². The second-order valence-corrected chi connectivity index (χ2v) is 11.6. The predicted octanol–water partition coefficient (Wildman–Crippen LogP) is 4.58. The average Bonchev–Trinajstić information content (AvgIpc) is 3.39. The van der Waals surface area contributed by atoms with E-state index in [0.717, 1.165) is 29.0 Å². The van der Waals surface area contributed by atoms with Gasteiger partial charge < -0.3 is 10.0 Å². The summed E-state index contributed by atoms with van der Waals surface area (Å²) in [4.78, 5) is 5.69. The van der Waals surface area contributed by atoms with Crippen molar-refractivity contribution < 1.29 is 39.9 Å². The van der Waals surface area contributed by atoms with Gasteiger partial charge in [0.1, 0.15) is 4.21 Å². The van der Waals surface area contributed by atoms with Gasteiger partial charge in [-0.05, 0) is 47.7 Å². The zero-order valence-electron chi connectivity index (χ0n) is 18.9. The Labute approximate surface area is 212 Å². The van der Waals surface area contributed by atoms with Crippen LogP contribution in [0.4, 0.5) is 32.0 Å². The molecule has 0 spiro atoms. The van der Waals surface area contributed by atoms with Gasteiger partial charge in [0, 0.05) is 49.3 Å².